The minimum atomic E-state index is -0.591. The maximum absolute atomic E-state index is 13.6. The van der Waals surface area contributed by atoms with Crippen LogP contribution in [0.1, 0.15) is 57.5 Å². The van der Waals surface area contributed by atoms with E-state index >= 15 is 0 Å². The highest BCUT2D eigenvalue weighted by molar-refractivity contribution is 6.27. The summed E-state index contributed by atoms with van der Waals surface area (Å²) in [5, 5.41) is 14.2. The van der Waals surface area contributed by atoms with Crippen LogP contribution < -0.4 is 16.0 Å². The molecule has 0 fully saturated rings. The Labute approximate surface area is 221 Å². The van der Waals surface area contributed by atoms with Gasteiger partial charge in [-0.3, -0.25) is 14.5 Å². The molecule has 0 saturated heterocycles. The second-order valence-electron chi connectivity index (χ2n) is 11.0. The van der Waals surface area contributed by atoms with Gasteiger partial charge in [0.15, 0.2) is 5.78 Å². The second-order valence-corrected chi connectivity index (χ2v) is 11.0. The average Bonchev–Trinajstić information content (AvgIpc) is 3.17. The Kier molecular flexibility index (Phi) is 7.30. The van der Waals surface area contributed by atoms with E-state index in [4.69, 9.17) is 14.6 Å². The van der Waals surface area contributed by atoms with E-state index in [1.54, 1.807) is 64.7 Å². The molecule has 0 unspecified atom stereocenters. The summed E-state index contributed by atoms with van der Waals surface area (Å²) in [5.74, 6) is -0.130. The predicted octanol–water partition coefficient (Wildman–Crippen LogP) is 4.10. The van der Waals surface area contributed by atoms with Crippen LogP contribution in [-0.2, 0) is 16.0 Å². The largest absolute Gasteiger partial charge is 0.444 e. The van der Waals surface area contributed by atoms with E-state index < -0.39 is 23.4 Å². The van der Waals surface area contributed by atoms with Crippen molar-refractivity contribution in [2.24, 2.45) is 0 Å². The third-order valence-corrected chi connectivity index (χ3v) is 5.57. The van der Waals surface area contributed by atoms with Gasteiger partial charge < -0.3 is 25.4 Å². The maximum Gasteiger partial charge on any atom is 0.407 e. The molecule has 4 rings (SSSR count). The second kappa shape index (κ2) is 10.3. The zero-order chi connectivity index (χ0) is 27.7. The quantitative estimate of drug-likeness (QED) is 0.309. The van der Waals surface area contributed by atoms with Crippen LogP contribution in [0.25, 0.3) is 22.2 Å². The van der Waals surface area contributed by atoms with E-state index in [2.05, 4.69) is 20.9 Å². The summed E-state index contributed by atoms with van der Waals surface area (Å²) in [6.07, 6.45) is 2.22. The normalized spacial score (nSPS) is 12.6. The number of carbonyl (C=O) groups excluding carboxylic acids is 3. The highest BCUT2D eigenvalue weighted by atomic mass is 16.6. The van der Waals surface area contributed by atoms with E-state index in [0.717, 1.165) is 10.9 Å². The van der Waals surface area contributed by atoms with Gasteiger partial charge in [-0.15, -0.1) is 0 Å². The number of carbonyl (C=O) groups is 3. The lowest BCUT2D eigenvalue weighted by Gasteiger charge is -2.20. The molecule has 202 valence electrons. The molecule has 0 atom stereocenters. The van der Waals surface area contributed by atoms with Gasteiger partial charge in [0, 0.05) is 54.2 Å². The molecule has 2 amide bonds. The highest BCUT2D eigenvalue weighted by Crippen LogP contribution is 2.41. The number of aromatic nitrogens is 3. The molecular weight excluding hydrogens is 488 g/mol. The molecule has 0 bridgehead atoms. The smallest absolute Gasteiger partial charge is 0.407 e. The molecule has 11 heteroatoms. The van der Waals surface area contributed by atoms with Crippen molar-refractivity contribution in [2.75, 3.05) is 25.0 Å². The first-order chi connectivity index (χ1) is 17.8. The van der Waals surface area contributed by atoms with Crippen LogP contribution in [0.2, 0.25) is 0 Å². The Bertz CT molecular complexity index is 1380. The van der Waals surface area contributed by atoms with Crippen molar-refractivity contribution in [3.05, 3.63) is 41.7 Å². The summed E-state index contributed by atoms with van der Waals surface area (Å²) in [6.45, 7) is 12.2. The van der Waals surface area contributed by atoms with Crippen molar-refractivity contribution >= 4 is 34.6 Å². The van der Waals surface area contributed by atoms with Crippen LogP contribution >= 0.6 is 0 Å². The fraction of sp³-hybridized carbons (Fsp3) is 0.444. The number of rotatable bonds is 7. The van der Waals surface area contributed by atoms with Crippen LogP contribution in [0.15, 0.2) is 30.6 Å². The molecule has 2 heterocycles. The zero-order valence-corrected chi connectivity index (χ0v) is 22.6. The van der Waals surface area contributed by atoms with Crippen molar-refractivity contribution in [3.8, 4) is 11.3 Å². The topological polar surface area (TPSA) is 136 Å². The monoisotopic (exact) mass is 522 g/mol. The van der Waals surface area contributed by atoms with Crippen molar-refractivity contribution in [1.82, 2.24) is 25.4 Å². The number of pyridine rings is 1. The number of anilines is 1. The van der Waals surface area contributed by atoms with Gasteiger partial charge in [-0.2, -0.15) is 5.10 Å². The van der Waals surface area contributed by atoms with E-state index in [-0.39, 0.29) is 5.78 Å². The first kappa shape index (κ1) is 26.9. The van der Waals surface area contributed by atoms with Crippen LogP contribution in [0.5, 0.6) is 0 Å². The molecule has 0 radical (unpaired) electrons. The van der Waals surface area contributed by atoms with Crippen LogP contribution in [0.3, 0.4) is 0 Å². The number of benzene rings is 1. The number of ether oxygens (including phenoxy) is 2. The van der Waals surface area contributed by atoms with Crippen LogP contribution in [0, 0.1) is 0 Å². The molecule has 1 aliphatic rings. The summed E-state index contributed by atoms with van der Waals surface area (Å²) >= 11 is 0. The molecule has 38 heavy (non-hydrogen) atoms. The number of nitrogens with one attached hydrogen (secondary N) is 3. The Hall–Kier alpha value is -4.15. The van der Waals surface area contributed by atoms with Gasteiger partial charge in [0.2, 0.25) is 0 Å². The summed E-state index contributed by atoms with van der Waals surface area (Å²) in [7, 11) is 0. The van der Waals surface area contributed by atoms with Crippen molar-refractivity contribution in [3.63, 3.8) is 0 Å². The third kappa shape index (κ3) is 6.04. The van der Waals surface area contributed by atoms with E-state index in [1.165, 1.54) is 0 Å². The first-order valence-electron chi connectivity index (χ1n) is 12.5. The lowest BCUT2D eigenvalue weighted by atomic mass is 9.87. The fourth-order valence-corrected chi connectivity index (χ4v) is 4.18. The molecular formula is C27H34N6O5. The summed E-state index contributed by atoms with van der Waals surface area (Å²) < 4.78 is 12.3. The number of ketones is 1. The molecule has 0 saturated carbocycles. The molecule has 1 aromatic carbocycles. The standard InChI is InChI=1S/C27H34N6O5/c1-26(2,3)37-24(35)30-12-11-29-18-7-8-19-21-20(18)23(34)16-9-10-28-15-17(16)22(21)32-33(19)14-13-31-25(36)38-27(4,5)6/h7-10,15,29H,11-14H2,1-6H3,(H,30,35)(H,31,36). The molecule has 3 N–H and O–H groups in total. The summed E-state index contributed by atoms with van der Waals surface area (Å²) in [4.78, 5) is 41.8. The number of fused-ring (bicyclic) bond motifs is 2. The zero-order valence-electron chi connectivity index (χ0n) is 22.6. The Morgan fingerprint density at radius 3 is 2.21 bits per heavy atom. The molecule has 0 aliphatic heterocycles. The minimum Gasteiger partial charge on any atom is -0.444 e. The molecule has 11 nitrogen and oxygen atoms in total. The molecule has 0 spiro atoms. The van der Waals surface area contributed by atoms with E-state index in [1.807, 2.05) is 12.1 Å². The summed E-state index contributed by atoms with van der Waals surface area (Å²) in [5.41, 5.74) is 2.59. The Morgan fingerprint density at radius 1 is 0.895 bits per heavy atom. The van der Waals surface area contributed by atoms with Gasteiger partial charge in [-0.05, 0) is 59.7 Å². The summed E-state index contributed by atoms with van der Waals surface area (Å²) in [6, 6.07) is 5.41. The van der Waals surface area contributed by atoms with Gasteiger partial charge in [-0.25, -0.2) is 9.59 Å². The molecule has 3 aromatic rings. The number of alkyl carbamates (subject to hydrolysis) is 2. The lowest BCUT2D eigenvalue weighted by molar-refractivity contribution is 0.0516. The maximum atomic E-state index is 13.6. The minimum absolute atomic E-state index is 0.130. The fourth-order valence-electron chi connectivity index (χ4n) is 4.18. The van der Waals surface area contributed by atoms with Gasteiger partial charge in [0.1, 0.15) is 16.9 Å². The van der Waals surface area contributed by atoms with Gasteiger partial charge in [0.05, 0.1) is 17.6 Å². The lowest BCUT2D eigenvalue weighted by Crippen LogP contribution is -2.35. The van der Waals surface area contributed by atoms with Gasteiger partial charge in [0.25, 0.3) is 0 Å². The van der Waals surface area contributed by atoms with Gasteiger partial charge >= 0.3 is 12.2 Å². The third-order valence-electron chi connectivity index (χ3n) is 5.57. The van der Waals surface area contributed by atoms with E-state index in [9.17, 15) is 14.4 Å². The molecule has 2 aromatic heterocycles. The highest BCUT2D eigenvalue weighted by Gasteiger charge is 2.31. The average molecular weight is 523 g/mol. The van der Waals surface area contributed by atoms with Crippen molar-refractivity contribution in [2.45, 2.75) is 59.3 Å². The number of amides is 2. The SMILES string of the molecule is CC(C)(C)OC(=O)NCCNc1ccc2c3c(nn2CCNC(=O)OC(C)(C)C)-c2cnccc2C(=O)c13. The number of hydrogen-bond donors (Lipinski definition) is 3. The Morgan fingerprint density at radius 2 is 1.55 bits per heavy atom. The van der Waals surface area contributed by atoms with Crippen LogP contribution in [-0.4, -0.2) is 63.6 Å². The molecule has 1 aliphatic carbocycles. The predicted molar refractivity (Wildman–Crippen MR) is 143 cm³/mol. The van der Waals surface area contributed by atoms with Gasteiger partial charge in [-0.1, -0.05) is 0 Å². The van der Waals surface area contributed by atoms with Crippen molar-refractivity contribution in [1.29, 1.82) is 0 Å². The number of nitrogens with zero attached hydrogens (tertiary/aromatic N) is 3. The number of hydrogen-bond acceptors (Lipinski definition) is 8. The van der Waals surface area contributed by atoms with Crippen molar-refractivity contribution < 1.29 is 23.9 Å². The first-order valence-corrected chi connectivity index (χ1v) is 12.5. The Balaban J connectivity index is 1.57. The van der Waals surface area contributed by atoms with E-state index in [0.29, 0.717) is 54.3 Å². The van der Waals surface area contributed by atoms with Crippen LogP contribution in [0.4, 0.5) is 15.3 Å².